The van der Waals surface area contributed by atoms with Gasteiger partial charge in [0.05, 0.1) is 11.8 Å². The molecule has 2 aromatic rings. The van der Waals surface area contributed by atoms with Gasteiger partial charge in [0.25, 0.3) is 0 Å². The first-order valence-corrected chi connectivity index (χ1v) is 12.0. The van der Waals surface area contributed by atoms with Crippen molar-refractivity contribution in [3.05, 3.63) is 59.7 Å². The number of carboxylic acids is 1. The Bertz CT molecular complexity index is 1040. The summed E-state index contributed by atoms with van der Waals surface area (Å²) in [5, 5.41) is 11.9. The fraction of sp³-hybridized carbons (Fsp3) is 0.444. The smallest absolute Gasteiger partial charge is 0.407 e. The van der Waals surface area contributed by atoms with Gasteiger partial charge in [0.1, 0.15) is 6.61 Å². The molecule has 180 valence electrons. The van der Waals surface area contributed by atoms with Crippen molar-refractivity contribution in [3.63, 3.8) is 0 Å². The van der Waals surface area contributed by atoms with Gasteiger partial charge in [0, 0.05) is 25.0 Å². The summed E-state index contributed by atoms with van der Waals surface area (Å²) in [6.07, 6.45) is 1.51. The number of carbonyl (C=O) groups excluding carboxylic acids is 2. The number of amides is 2. The number of hydrogen-bond donors (Lipinski definition) is 2. The van der Waals surface area contributed by atoms with Crippen molar-refractivity contribution >= 4 is 18.0 Å². The Morgan fingerprint density at radius 1 is 1.09 bits per heavy atom. The Labute approximate surface area is 200 Å². The number of nitrogens with zero attached hydrogens (tertiary/aromatic N) is 1. The predicted octanol–water partition coefficient (Wildman–Crippen LogP) is 4.41. The summed E-state index contributed by atoms with van der Waals surface area (Å²) < 4.78 is 5.69. The molecular formula is C27H32N2O5. The van der Waals surface area contributed by atoms with Crippen molar-refractivity contribution in [2.45, 2.75) is 51.5 Å². The minimum Gasteiger partial charge on any atom is -0.481 e. The van der Waals surface area contributed by atoms with Gasteiger partial charge in [-0.2, -0.15) is 0 Å². The van der Waals surface area contributed by atoms with E-state index in [1.165, 1.54) is 11.1 Å². The quantitative estimate of drug-likeness (QED) is 0.603. The molecule has 2 aliphatic carbocycles. The van der Waals surface area contributed by atoms with Gasteiger partial charge in [-0.1, -0.05) is 55.0 Å². The molecule has 0 heterocycles. The van der Waals surface area contributed by atoms with Crippen LogP contribution < -0.4 is 5.32 Å². The Hall–Kier alpha value is -3.35. The summed E-state index contributed by atoms with van der Waals surface area (Å²) in [6.45, 7) is 4.51. The zero-order valence-corrected chi connectivity index (χ0v) is 19.8. The van der Waals surface area contributed by atoms with Crippen molar-refractivity contribution in [3.8, 4) is 11.1 Å². The lowest BCUT2D eigenvalue weighted by molar-refractivity contribution is -0.143. The summed E-state index contributed by atoms with van der Waals surface area (Å²) in [6, 6.07) is 16.0. The molecule has 2 N–H and O–H groups in total. The molecule has 2 aromatic carbocycles. The van der Waals surface area contributed by atoms with E-state index >= 15 is 0 Å². The standard InChI is InChI=1S/C27H32N2O5/c1-3-29(16-14-24(30)31)25(32)27(2)15-8-13-23(27)28-26(33)34-17-22-20-11-6-4-9-18(20)19-10-5-7-12-21(19)22/h4-7,9-12,22-23H,3,8,13-17H2,1-2H3,(H,28,33)(H,30,31). The lowest BCUT2D eigenvalue weighted by atomic mass is 9.83. The maximum atomic E-state index is 13.3. The van der Waals surface area contributed by atoms with Gasteiger partial charge >= 0.3 is 12.1 Å². The summed E-state index contributed by atoms with van der Waals surface area (Å²) in [5.41, 5.74) is 3.85. The third kappa shape index (κ3) is 4.52. The largest absolute Gasteiger partial charge is 0.481 e. The van der Waals surface area contributed by atoms with Crippen LogP contribution in [-0.2, 0) is 14.3 Å². The van der Waals surface area contributed by atoms with Crippen LogP contribution >= 0.6 is 0 Å². The van der Waals surface area contributed by atoms with Crippen LogP contribution in [0.1, 0.15) is 56.6 Å². The summed E-state index contributed by atoms with van der Waals surface area (Å²) in [4.78, 5) is 38.6. The molecular weight excluding hydrogens is 432 g/mol. The van der Waals surface area contributed by atoms with Crippen LogP contribution in [0.5, 0.6) is 0 Å². The minimum atomic E-state index is -0.934. The number of alkyl carbamates (subject to hydrolysis) is 1. The van der Waals surface area contributed by atoms with Gasteiger partial charge in [0.2, 0.25) is 5.91 Å². The van der Waals surface area contributed by atoms with Crippen LogP contribution in [0.3, 0.4) is 0 Å². The molecule has 2 unspecified atom stereocenters. The molecule has 4 rings (SSSR count). The minimum absolute atomic E-state index is 0.0265. The van der Waals surface area contributed by atoms with Gasteiger partial charge in [-0.25, -0.2) is 4.79 Å². The molecule has 7 heteroatoms. The number of aliphatic carboxylic acids is 1. The number of ether oxygens (including phenoxy) is 1. The van der Waals surface area contributed by atoms with Crippen molar-refractivity contribution in [2.24, 2.45) is 5.41 Å². The molecule has 7 nitrogen and oxygen atoms in total. The Balaban J connectivity index is 1.41. The number of nitrogens with one attached hydrogen (secondary N) is 1. The molecule has 0 aliphatic heterocycles. The maximum absolute atomic E-state index is 13.3. The van der Waals surface area contributed by atoms with E-state index in [0.29, 0.717) is 19.4 Å². The SMILES string of the molecule is CCN(CCC(=O)O)C(=O)C1(C)CCCC1NC(=O)OCC1c2ccccc2-c2ccccc21. The molecule has 0 saturated heterocycles. The molecule has 34 heavy (non-hydrogen) atoms. The van der Waals surface area contributed by atoms with E-state index in [-0.39, 0.29) is 37.4 Å². The van der Waals surface area contributed by atoms with Gasteiger partial charge in [-0.15, -0.1) is 0 Å². The van der Waals surface area contributed by atoms with Crippen molar-refractivity contribution in [1.29, 1.82) is 0 Å². The third-order valence-electron chi connectivity index (χ3n) is 7.35. The number of carbonyl (C=O) groups is 3. The van der Waals surface area contributed by atoms with E-state index in [9.17, 15) is 14.4 Å². The van der Waals surface area contributed by atoms with Crippen LogP contribution in [-0.4, -0.2) is 53.7 Å². The normalized spacial score (nSPS) is 20.9. The topological polar surface area (TPSA) is 95.9 Å². The van der Waals surface area contributed by atoms with Crippen LogP contribution in [0.15, 0.2) is 48.5 Å². The predicted molar refractivity (Wildman–Crippen MR) is 128 cm³/mol. The first-order chi connectivity index (χ1) is 16.3. The first-order valence-electron chi connectivity index (χ1n) is 12.0. The van der Waals surface area contributed by atoms with Crippen LogP contribution in [0.2, 0.25) is 0 Å². The Morgan fingerprint density at radius 3 is 2.29 bits per heavy atom. The van der Waals surface area contributed by atoms with E-state index in [4.69, 9.17) is 9.84 Å². The highest BCUT2D eigenvalue weighted by atomic mass is 16.5. The van der Waals surface area contributed by atoms with Crippen molar-refractivity contribution in [2.75, 3.05) is 19.7 Å². The maximum Gasteiger partial charge on any atom is 0.407 e. The van der Waals surface area contributed by atoms with Crippen molar-refractivity contribution in [1.82, 2.24) is 10.2 Å². The molecule has 0 bridgehead atoms. The first kappa shape index (κ1) is 23.8. The lowest BCUT2D eigenvalue weighted by Crippen LogP contribution is -2.52. The highest BCUT2D eigenvalue weighted by Gasteiger charge is 2.47. The molecule has 2 aliphatic rings. The fourth-order valence-corrected chi connectivity index (χ4v) is 5.43. The zero-order chi connectivity index (χ0) is 24.3. The average Bonchev–Trinajstić information content (AvgIpc) is 3.36. The van der Waals surface area contributed by atoms with Crippen LogP contribution in [0.4, 0.5) is 4.79 Å². The summed E-state index contributed by atoms with van der Waals surface area (Å²) >= 11 is 0. The van der Waals surface area contributed by atoms with E-state index in [1.54, 1.807) is 4.90 Å². The number of rotatable bonds is 8. The Morgan fingerprint density at radius 2 is 1.71 bits per heavy atom. The second-order valence-electron chi connectivity index (χ2n) is 9.36. The highest BCUT2D eigenvalue weighted by Crippen LogP contribution is 2.44. The molecule has 1 saturated carbocycles. The average molecular weight is 465 g/mol. The summed E-state index contributed by atoms with van der Waals surface area (Å²) in [5.74, 6) is -1.07. The van der Waals surface area contributed by atoms with E-state index < -0.39 is 17.5 Å². The van der Waals surface area contributed by atoms with Gasteiger partial charge in [-0.05, 0) is 48.9 Å². The van der Waals surface area contributed by atoms with Crippen molar-refractivity contribution < 1.29 is 24.2 Å². The van der Waals surface area contributed by atoms with E-state index in [0.717, 1.165) is 17.5 Å². The number of hydrogen-bond acceptors (Lipinski definition) is 4. The molecule has 0 spiro atoms. The molecule has 2 amide bonds. The van der Waals surface area contributed by atoms with Crippen LogP contribution in [0, 0.1) is 5.41 Å². The Kier molecular flexibility index (Phi) is 6.91. The fourth-order valence-electron chi connectivity index (χ4n) is 5.43. The summed E-state index contributed by atoms with van der Waals surface area (Å²) in [7, 11) is 0. The molecule has 1 fully saturated rings. The van der Waals surface area contributed by atoms with E-state index in [1.807, 2.05) is 38.1 Å². The molecule has 0 radical (unpaired) electrons. The van der Waals surface area contributed by atoms with Gasteiger partial charge < -0.3 is 20.1 Å². The van der Waals surface area contributed by atoms with E-state index in [2.05, 4.69) is 29.6 Å². The second kappa shape index (κ2) is 9.87. The number of carboxylic acid groups (broad SMARTS) is 1. The highest BCUT2D eigenvalue weighted by molar-refractivity contribution is 5.85. The zero-order valence-electron chi connectivity index (χ0n) is 19.8. The van der Waals surface area contributed by atoms with Gasteiger partial charge in [-0.3, -0.25) is 9.59 Å². The lowest BCUT2D eigenvalue weighted by Gasteiger charge is -2.35. The monoisotopic (exact) mass is 464 g/mol. The number of fused-ring (bicyclic) bond motifs is 3. The second-order valence-corrected chi connectivity index (χ2v) is 9.36. The number of benzene rings is 2. The molecule has 2 atom stereocenters. The van der Waals surface area contributed by atoms with Crippen LogP contribution in [0.25, 0.3) is 11.1 Å². The molecule has 0 aromatic heterocycles. The third-order valence-corrected chi connectivity index (χ3v) is 7.35. The van der Waals surface area contributed by atoms with Gasteiger partial charge in [0.15, 0.2) is 0 Å².